The third-order valence-corrected chi connectivity index (χ3v) is 6.43. The van der Waals surface area contributed by atoms with E-state index in [-0.39, 0.29) is 17.6 Å². The molecule has 8 heteroatoms. The highest BCUT2D eigenvalue weighted by atomic mass is 16.7. The predicted molar refractivity (Wildman–Crippen MR) is 103 cm³/mol. The van der Waals surface area contributed by atoms with E-state index in [0.717, 1.165) is 5.56 Å². The molecule has 0 saturated carbocycles. The Morgan fingerprint density at radius 3 is 2.38 bits per heavy atom. The zero-order valence-corrected chi connectivity index (χ0v) is 17.2. The van der Waals surface area contributed by atoms with E-state index < -0.39 is 49.0 Å². The van der Waals surface area contributed by atoms with E-state index >= 15 is 0 Å². The lowest BCUT2D eigenvalue weighted by Gasteiger charge is -2.48. The highest BCUT2D eigenvalue weighted by molar-refractivity contribution is 5.48. The molecule has 0 radical (unpaired) electrons. The summed E-state index contributed by atoms with van der Waals surface area (Å²) in [4.78, 5) is 0. The molecule has 2 aliphatic rings. The standard InChI is InChI=1S/C21H32O8/c1-9(2)11-6-16(24)21(4,13-7-14(23)10(3)5-12(11)13)29-20-19(27)18(26)17(25)15(8-22)28-20/h5,7,9,11,15-20,22-27H,6,8H2,1-4H3/t11-,15+,16-,17+,18-,19+,20-,21-/m0/s1. The molecule has 1 aliphatic heterocycles. The minimum absolute atomic E-state index is 0.0470. The summed E-state index contributed by atoms with van der Waals surface area (Å²) in [6.45, 7) is 6.99. The molecule has 29 heavy (non-hydrogen) atoms. The van der Waals surface area contributed by atoms with Crippen LogP contribution in [0.5, 0.6) is 5.75 Å². The molecular weight excluding hydrogens is 380 g/mol. The number of phenolic OH excluding ortho intramolecular Hbond substituents is 1. The highest BCUT2D eigenvalue weighted by Gasteiger charge is 2.51. The first kappa shape index (κ1) is 22.4. The average Bonchev–Trinajstić information content (AvgIpc) is 2.66. The fraction of sp³-hybridized carbons (Fsp3) is 0.714. The number of aliphatic hydroxyl groups is 5. The number of phenols is 1. The maximum absolute atomic E-state index is 11.0. The summed E-state index contributed by atoms with van der Waals surface area (Å²) in [5.41, 5.74) is 0.878. The van der Waals surface area contributed by atoms with E-state index in [0.29, 0.717) is 17.5 Å². The van der Waals surface area contributed by atoms with E-state index in [4.69, 9.17) is 9.47 Å². The summed E-state index contributed by atoms with van der Waals surface area (Å²) < 4.78 is 11.5. The number of aryl methyl sites for hydroxylation is 1. The third-order valence-electron chi connectivity index (χ3n) is 6.43. The summed E-state index contributed by atoms with van der Waals surface area (Å²) in [7, 11) is 0. The summed E-state index contributed by atoms with van der Waals surface area (Å²) in [5, 5.41) is 61.1. The van der Waals surface area contributed by atoms with Gasteiger partial charge in [-0.1, -0.05) is 19.9 Å². The van der Waals surface area contributed by atoms with Crippen molar-refractivity contribution in [1.82, 2.24) is 0 Å². The van der Waals surface area contributed by atoms with Crippen molar-refractivity contribution in [3.8, 4) is 5.75 Å². The number of aromatic hydroxyl groups is 1. The molecule has 0 amide bonds. The van der Waals surface area contributed by atoms with Gasteiger partial charge in [0.2, 0.25) is 0 Å². The Morgan fingerprint density at radius 2 is 1.79 bits per heavy atom. The van der Waals surface area contributed by atoms with Crippen molar-refractivity contribution in [1.29, 1.82) is 0 Å². The van der Waals surface area contributed by atoms with Gasteiger partial charge in [-0.25, -0.2) is 0 Å². The molecule has 1 saturated heterocycles. The van der Waals surface area contributed by atoms with Gasteiger partial charge in [0.15, 0.2) is 6.29 Å². The normalized spacial score (nSPS) is 40.1. The molecule has 0 aromatic heterocycles. The molecule has 0 bridgehead atoms. The number of benzene rings is 1. The number of ether oxygens (including phenoxy) is 2. The maximum atomic E-state index is 11.0. The van der Waals surface area contributed by atoms with Gasteiger partial charge in [-0.15, -0.1) is 0 Å². The second-order valence-electron chi connectivity index (χ2n) is 8.75. The summed E-state index contributed by atoms with van der Waals surface area (Å²) >= 11 is 0. The predicted octanol–water partition coefficient (Wildman–Crippen LogP) is 0.237. The Hall–Kier alpha value is -1.26. The van der Waals surface area contributed by atoms with Crippen LogP contribution in [0.3, 0.4) is 0 Å². The first-order chi connectivity index (χ1) is 13.5. The molecule has 1 aromatic rings. The number of hydrogen-bond donors (Lipinski definition) is 6. The van der Waals surface area contributed by atoms with Crippen LogP contribution in [-0.2, 0) is 15.1 Å². The van der Waals surface area contributed by atoms with Crippen molar-refractivity contribution in [2.75, 3.05) is 6.61 Å². The van der Waals surface area contributed by atoms with Crippen LogP contribution < -0.4 is 0 Å². The third kappa shape index (κ3) is 3.79. The molecule has 1 heterocycles. The van der Waals surface area contributed by atoms with Gasteiger partial charge in [-0.3, -0.25) is 0 Å². The molecule has 1 aromatic carbocycles. The van der Waals surface area contributed by atoms with Crippen LogP contribution in [0, 0.1) is 12.8 Å². The molecule has 0 spiro atoms. The van der Waals surface area contributed by atoms with Crippen molar-refractivity contribution in [2.45, 2.75) is 82.4 Å². The topological polar surface area (TPSA) is 140 Å². The monoisotopic (exact) mass is 412 g/mol. The molecule has 1 aliphatic carbocycles. The van der Waals surface area contributed by atoms with Crippen molar-refractivity contribution in [3.05, 3.63) is 28.8 Å². The number of rotatable bonds is 4. The van der Waals surface area contributed by atoms with Gasteiger partial charge in [-0.05, 0) is 54.9 Å². The van der Waals surface area contributed by atoms with Crippen LogP contribution >= 0.6 is 0 Å². The van der Waals surface area contributed by atoms with E-state index in [2.05, 4.69) is 13.8 Å². The zero-order valence-electron chi connectivity index (χ0n) is 17.2. The SMILES string of the molecule is Cc1cc2c(cc1O)[C@](C)(O[C@@H]1O[C@H](CO)[C@@H](O)[C@H](O)[C@H]1O)[C@@H](O)C[C@H]2C(C)C. The lowest BCUT2D eigenvalue weighted by atomic mass is 9.68. The maximum Gasteiger partial charge on any atom is 0.187 e. The van der Waals surface area contributed by atoms with Crippen LogP contribution in [0.2, 0.25) is 0 Å². The summed E-state index contributed by atoms with van der Waals surface area (Å²) in [5.74, 6) is 0.346. The molecule has 8 atom stereocenters. The Bertz CT molecular complexity index is 736. The van der Waals surface area contributed by atoms with Crippen molar-refractivity contribution in [2.24, 2.45) is 5.92 Å². The van der Waals surface area contributed by atoms with Crippen LogP contribution in [0.4, 0.5) is 0 Å². The largest absolute Gasteiger partial charge is 0.508 e. The van der Waals surface area contributed by atoms with Gasteiger partial charge in [-0.2, -0.15) is 0 Å². The highest BCUT2D eigenvalue weighted by Crippen LogP contribution is 2.49. The van der Waals surface area contributed by atoms with E-state index in [9.17, 15) is 30.6 Å². The molecule has 6 N–H and O–H groups in total. The Balaban J connectivity index is 2.02. The van der Waals surface area contributed by atoms with Crippen LogP contribution in [0.1, 0.15) is 49.8 Å². The van der Waals surface area contributed by atoms with Crippen molar-refractivity contribution >= 4 is 0 Å². The summed E-state index contributed by atoms with van der Waals surface area (Å²) in [6.07, 6.45) is -7.73. The molecule has 3 rings (SSSR count). The number of hydrogen-bond acceptors (Lipinski definition) is 8. The average molecular weight is 412 g/mol. The number of fused-ring (bicyclic) bond motifs is 1. The lowest BCUT2D eigenvalue weighted by molar-refractivity contribution is -0.338. The van der Waals surface area contributed by atoms with Gasteiger partial charge in [0.05, 0.1) is 12.7 Å². The van der Waals surface area contributed by atoms with Crippen LogP contribution in [0.15, 0.2) is 12.1 Å². The first-order valence-corrected chi connectivity index (χ1v) is 10.0. The first-order valence-electron chi connectivity index (χ1n) is 10.0. The van der Waals surface area contributed by atoms with E-state index in [1.54, 1.807) is 19.9 Å². The Labute approximate surface area is 170 Å². The second-order valence-corrected chi connectivity index (χ2v) is 8.75. The zero-order chi connectivity index (χ0) is 21.7. The minimum Gasteiger partial charge on any atom is -0.508 e. The smallest absolute Gasteiger partial charge is 0.187 e. The Morgan fingerprint density at radius 1 is 1.14 bits per heavy atom. The van der Waals surface area contributed by atoms with Gasteiger partial charge < -0.3 is 40.1 Å². The molecule has 0 unspecified atom stereocenters. The van der Waals surface area contributed by atoms with Crippen LogP contribution in [0.25, 0.3) is 0 Å². The molecule has 8 nitrogen and oxygen atoms in total. The molecular formula is C21H32O8. The van der Waals surface area contributed by atoms with Crippen LogP contribution in [-0.4, -0.2) is 74.1 Å². The quantitative estimate of drug-likeness (QED) is 0.413. The molecule has 164 valence electrons. The molecule has 1 fully saturated rings. The summed E-state index contributed by atoms with van der Waals surface area (Å²) in [6, 6.07) is 3.45. The van der Waals surface area contributed by atoms with Gasteiger partial charge in [0.1, 0.15) is 35.8 Å². The van der Waals surface area contributed by atoms with E-state index in [1.807, 2.05) is 6.07 Å². The lowest BCUT2D eigenvalue weighted by Crippen LogP contribution is -2.61. The fourth-order valence-electron chi connectivity index (χ4n) is 4.41. The van der Waals surface area contributed by atoms with E-state index in [1.165, 1.54) is 0 Å². The fourth-order valence-corrected chi connectivity index (χ4v) is 4.41. The Kier molecular flexibility index (Phi) is 6.27. The second kappa shape index (κ2) is 8.11. The van der Waals surface area contributed by atoms with Gasteiger partial charge >= 0.3 is 0 Å². The van der Waals surface area contributed by atoms with Crippen molar-refractivity contribution < 1.29 is 40.1 Å². The minimum atomic E-state index is -1.58. The van der Waals surface area contributed by atoms with Crippen molar-refractivity contribution in [3.63, 3.8) is 0 Å². The number of aliphatic hydroxyl groups excluding tert-OH is 5. The van der Waals surface area contributed by atoms with Gasteiger partial charge in [0.25, 0.3) is 0 Å². The van der Waals surface area contributed by atoms with Gasteiger partial charge in [0, 0.05) is 0 Å².